The van der Waals surface area contributed by atoms with E-state index in [2.05, 4.69) is 15.3 Å². The molecule has 0 atom stereocenters. The van der Waals surface area contributed by atoms with E-state index >= 15 is 0 Å². The summed E-state index contributed by atoms with van der Waals surface area (Å²) in [6.45, 7) is -0.158. The molecule has 3 aromatic rings. The van der Waals surface area contributed by atoms with Gasteiger partial charge in [0, 0.05) is 29.0 Å². The summed E-state index contributed by atoms with van der Waals surface area (Å²) in [6, 6.07) is 8.35. The van der Waals surface area contributed by atoms with E-state index < -0.39 is 22.9 Å². The molecular weight excluding hydrogens is 517 g/mol. The van der Waals surface area contributed by atoms with Gasteiger partial charge < -0.3 is 21.4 Å². The number of halogens is 4. The second-order valence-electron chi connectivity index (χ2n) is 7.71. The minimum atomic E-state index is -4.57. The minimum absolute atomic E-state index is 0.000366. The largest absolute Gasteiger partial charge is 0.416 e. The van der Waals surface area contributed by atoms with Crippen molar-refractivity contribution in [2.45, 2.75) is 19.3 Å². The second-order valence-corrected chi connectivity index (χ2v) is 9.13. The summed E-state index contributed by atoms with van der Waals surface area (Å²) in [6.07, 6.45) is -0.570. The van der Waals surface area contributed by atoms with E-state index in [9.17, 15) is 22.8 Å². The van der Waals surface area contributed by atoms with Crippen molar-refractivity contribution in [1.29, 1.82) is 5.41 Å². The van der Waals surface area contributed by atoms with Gasteiger partial charge in [-0.3, -0.25) is 14.5 Å². The Kier molecular flexibility index (Phi) is 7.09. The summed E-state index contributed by atoms with van der Waals surface area (Å²) in [5, 5.41) is 10.2. The van der Waals surface area contributed by atoms with Crippen molar-refractivity contribution in [2.75, 3.05) is 11.1 Å². The topological polar surface area (TPSA) is 128 Å². The number of carbonyl (C=O) groups excluding carboxylic acids is 2. The van der Waals surface area contributed by atoms with Crippen LogP contribution in [0.15, 0.2) is 47.5 Å². The molecule has 1 aromatic heterocycles. The Hall–Kier alpha value is -3.77. The minimum Gasteiger partial charge on any atom is -0.380 e. The maximum absolute atomic E-state index is 13.4. The highest BCUT2D eigenvalue weighted by molar-refractivity contribution is 8.18. The van der Waals surface area contributed by atoms with E-state index in [-0.39, 0.29) is 34.5 Å². The third-order valence-corrected chi connectivity index (χ3v) is 6.37. The number of aromatic amines is 1. The fraction of sp³-hybridized carbons (Fsp3) is 0.130. The molecule has 0 spiro atoms. The van der Waals surface area contributed by atoms with Crippen molar-refractivity contribution < 1.29 is 22.8 Å². The van der Waals surface area contributed by atoms with Crippen LogP contribution in [0.5, 0.6) is 0 Å². The zero-order valence-electron chi connectivity index (χ0n) is 18.3. The smallest absolute Gasteiger partial charge is 0.380 e. The fourth-order valence-electron chi connectivity index (χ4n) is 3.52. The molecule has 0 unspecified atom stereocenters. The van der Waals surface area contributed by atoms with Crippen molar-refractivity contribution in [1.82, 2.24) is 14.9 Å². The third kappa shape index (κ3) is 5.55. The Morgan fingerprint density at radius 3 is 2.67 bits per heavy atom. The Bertz CT molecular complexity index is 1390. The number of nitrogens with two attached hydrogens (primary N) is 1. The summed E-state index contributed by atoms with van der Waals surface area (Å²) in [4.78, 5) is 32.9. The normalized spacial score (nSPS) is 15.1. The summed E-state index contributed by atoms with van der Waals surface area (Å²) < 4.78 is 40.1. The van der Waals surface area contributed by atoms with Crippen LogP contribution in [0.25, 0.3) is 6.08 Å². The lowest BCUT2D eigenvalue weighted by atomic mass is 10.1. The molecule has 2 aromatic carbocycles. The number of imidazole rings is 1. The first-order valence-corrected chi connectivity index (χ1v) is 11.5. The number of nitrogens with one attached hydrogen (secondary N) is 3. The second kappa shape index (κ2) is 10.1. The molecule has 8 nitrogen and oxygen atoms in total. The van der Waals surface area contributed by atoms with Gasteiger partial charge in [0.2, 0.25) is 0 Å². The number of benzene rings is 2. The SMILES string of the molecule is N=Cc1cc(C=C2SC(=O)N(Cc3cnc(N)[nH]3)C2=O)ccc1NCc1ccc(Cl)cc1C(F)(F)F. The first-order valence-electron chi connectivity index (χ1n) is 10.3. The Labute approximate surface area is 212 Å². The molecule has 1 saturated heterocycles. The summed E-state index contributed by atoms with van der Waals surface area (Å²) in [5.74, 6) is -0.315. The van der Waals surface area contributed by atoms with Gasteiger partial charge in [0.1, 0.15) is 0 Å². The molecule has 4 rings (SSSR count). The Balaban J connectivity index is 1.51. The molecule has 0 saturated carbocycles. The monoisotopic (exact) mass is 534 g/mol. The number of nitrogen functional groups attached to an aromatic ring is 1. The molecule has 0 radical (unpaired) electrons. The maximum Gasteiger partial charge on any atom is 0.416 e. The molecule has 13 heteroatoms. The molecule has 2 heterocycles. The van der Waals surface area contributed by atoms with Crippen molar-refractivity contribution in [3.05, 3.63) is 80.5 Å². The van der Waals surface area contributed by atoms with Gasteiger partial charge in [-0.1, -0.05) is 23.7 Å². The lowest BCUT2D eigenvalue weighted by Crippen LogP contribution is -2.27. The van der Waals surface area contributed by atoms with E-state index in [0.717, 1.165) is 28.9 Å². The zero-order chi connectivity index (χ0) is 26.0. The standard InChI is InChI=1S/C23H18ClF3N6O2S/c24-15-3-2-13(17(7-15)23(25,26)27)9-30-18-4-1-12(5-14(18)8-28)6-19-20(34)33(22(35)36-19)11-16-10-31-21(29)32-16/h1-8,10,28,30H,9,11H2,(H3,29,31,32). The van der Waals surface area contributed by atoms with Crippen molar-refractivity contribution in [3.63, 3.8) is 0 Å². The number of anilines is 2. The van der Waals surface area contributed by atoms with E-state index in [1.54, 1.807) is 18.2 Å². The summed E-state index contributed by atoms with van der Waals surface area (Å²) >= 11 is 6.51. The number of nitrogens with zero attached hydrogens (tertiary/aromatic N) is 2. The number of rotatable bonds is 7. The molecule has 36 heavy (non-hydrogen) atoms. The number of aromatic nitrogens is 2. The van der Waals surface area contributed by atoms with Gasteiger partial charge in [-0.2, -0.15) is 13.2 Å². The number of carbonyl (C=O) groups is 2. The summed E-state index contributed by atoms with van der Waals surface area (Å²) in [5.41, 5.74) is 6.54. The highest BCUT2D eigenvalue weighted by atomic mass is 35.5. The number of imide groups is 1. The van der Waals surface area contributed by atoms with E-state index in [1.165, 1.54) is 24.4 Å². The van der Waals surface area contributed by atoms with E-state index in [4.69, 9.17) is 22.7 Å². The van der Waals surface area contributed by atoms with Crippen LogP contribution in [0.1, 0.15) is 27.9 Å². The molecule has 1 aliphatic rings. The van der Waals surface area contributed by atoms with Crippen LogP contribution in [0.2, 0.25) is 5.02 Å². The van der Waals surface area contributed by atoms with Gasteiger partial charge in [-0.05, 0) is 53.2 Å². The highest BCUT2D eigenvalue weighted by Crippen LogP contribution is 2.35. The molecule has 1 aliphatic heterocycles. The lowest BCUT2D eigenvalue weighted by molar-refractivity contribution is -0.138. The van der Waals surface area contributed by atoms with Gasteiger partial charge in [0.05, 0.1) is 28.9 Å². The first-order chi connectivity index (χ1) is 17.0. The van der Waals surface area contributed by atoms with Crippen LogP contribution in [0.3, 0.4) is 0 Å². The molecule has 0 bridgehead atoms. The number of amides is 2. The molecule has 0 aliphatic carbocycles. The average molecular weight is 535 g/mol. The lowest BCUT2D eigenvalue weighted by Gasteiger charge is -2.15. The number of hydrogen-bond acceptors (Lipinski definition) is 7. The average Bonchev–Trinajstić information content (AvgIpc) is 3.35. The number of thioether (sulfide) groups is 1. The van der Waals surface area contributed by atoms with Crippen LogP contribution in [-0.2, 0) is 24.1 Å². The van der Waals surface area contributed by atoms with Gasteiger partial charge in [0.25, 0.3) is 11.1 Å². The van der Waals surface area contributed by atoms with Crippen LogP contribution < -0.4 is 11.1 Å². The maximum atomic E-state index is 13.4. The van der Waals surface area contributed by atoms with Gasteiger partial charge in [-0.15, -0.1) is 0 Å². The van der Waals surface area contributed by atoms with Crippen LogP contribution in [0.4, 0.5) is 29.6 Å². The zero-order valence-corrected chi connectivity index (χ0v) is 19.9. The predicted molar refractivity (Wildman–Crippen MR) is 133 cm³/mol. The van der Waals surface area contributed by atoms with Crippen LogP contribution >= 0.6 is 23.4 Å². The van der Waals surface area contributed by atoms with E-state index in [1.807, 2.05) is 0 Å². The van der Waals surface area contributed by atoms with Gasteiger partial charge in [0.15, 0.2) is 5.95 Å². The number of alkyl halides is 3. The fourth-order valence-corrected chi connectivity index (χ4v) is 4.53. The Morgan fingerprint density at radius 2 is 2.00 bits per heavy atom. The van der Waals surface area contributed by atoms with Crippen molar-refractivity contribution in [3.8, 4) is 0 Å². The quantitative estimate of drug-likeness (QED) is 0.234. The molecule has 5 N–H and O–H groups in total. The first kappa shape index (κ1) is 25.3. The predicted octanol–water partition coefficient (Wildman–Crippen LogP) is 5.51. The van der Waals surface area contributed by atoms with Gasteiger partial charge in [-0.25, -0.2) is 4.98 Å². The number of H-pyrrole nitrogens is 1. The molecular formula is C23H18ClF3N6O2S. The van der Waals surface area contributed by atoms with Gasteiger partial charge >= 0.3 is 6.18 Å². The highest BCUT2D eigenvalue weighted by Gasteiger charge is 2.35. The summed E-state index contributed by atoms with van der Waals surface area (Å²) in [7, 11) is 0. The third-order valence-electron chi connectivity index (χ3n) is 5.23. The number of hydrogen-bond donors (Lipinski definition) is 4. The van der Waals surface area contributed by atoms with Crippen molar-refractivity contribution >= 4 is 58.4 Å². The molecule has 1 fully saturated rings. The molecule has 2 amide bonds. The molecule has 186 valence electrons. The van der Waals surface area contributed by atoms with Crippen LogP contribution in [0, 0.1) is 5.41 Å². The van der Waals surface area contributed by atoms with Crippen LogP contribution in [-0.4, -0.2) is 32.2 Å². The Morgan fingerprint density at radius 1 is 1.22 bits per heavy atom. The van der Waals surface area contributed by atoms with Crippen molar-refractivity contribution in [2.24, 2.45) is 0 Å². The van der Waals surface area contributed by atoms with E-state index in [0.29, 0.717) is 22.5 Å².